The molecule has 5 aliphatic carbocycles. The van der Waals surface area contributed by atoms with Gasteiger partial charge in [0.2, 0.25) is 0 Å². The molecule has 5 rings (SSSR count). The van der Waals surface area contributed by atoms with Crippen molar-refractivity contribution in [2.75, 3.05) is 0 Å². The molecule has 0 aromatic heterocycles. The summed E-state index contributed by atoms with van der Waals surface area (Å²) in [7, 11) is 0. The Balaban J connectivity index is 1.42. The molecule has 1 N–H and O–H groups in total. The molecule has 0 amide bonds. The van der Waals surface area contributed by atoms with Crippen LogP contribution in [-0.2, 0) is 14.3 Å². The number of esters is 1. The van der Waals surface area contributed by atoms with Gasteiger partial charge < -0.3 is 9.84 Å². The fourth-order valence-electron chi connectivity index (χ4n) is 7.69. The van der Waals surface area contributed by atoms with Gasteiger partial charge in [-0.2, -0.15) is 0 Å². The van der Waals surface area contributed by atoms with Crippen molar-refractivity contribution in [2.24, 2.45) is 45.8 Å². The lowest BCUT2D eigenvalue weighted by molar-refractivity contribution is -0.161. The highest BCUT2D eigenvalue weighted by Gasteiger charge is 2.71. The van der Waals surface area contributed by atoms with E-state index in [4.69, 9.17) is 4.74 Å². The second kappa shape index (κ2) is 5.96. The summed E-state index contributed by atoms with van der Waals surface area (Å²) in [5, 5.41) is 11.2. The summed E-state index contributed by atoms with van der Waals surface area (Å²) in [6.07, 6.45) is 7.21. The van der Waals surface area contributed by atoms with Crippen LogP contribution >= 0.6 is 0 Å². The van der Waals surface area contributed by atoms with Gasteiger partial charge in [-0.15, -0.1) is 0 Å². The second-order valence-corrected chi connectivity index (χ2v) is 12.2. The van der Waals surface area contributed by atoms with Crippen LogP contribution in [0.2, 0.25) is 0 Å². The minimum Gasteiger partial charge on any atom is -0.462 e. The van der Waals surface area contributed by atoms with Gasteiger partial charge in [0.15, 0.2) is 0 Å². The number of hydrogen-bond donors (Lipinski definition) is 1. The van der Waals surface area contributed by atoms with Crippen LogP contribution in [0.5, 0.6) is 0 Å². The van der Waals surface area contributed by atoms with Gasteiger partial charge in [-0.3, -0.25) is 9.59 Å². The first-order chi connectivity index (χ1) is 13.5. The lowest BCUT2D eigenvalue weighted by Gasteiger charge is -2.58. The van der Waals surface area contributed by atoms with Crippen molar-refractivity contribution in [3.63, 3.8) is 0 Å². The summed E-state index contributed by atoms with van der Waals surface area (Å²) in [4.78, 5) is 25.3. The van der Waals surface area contributed by atoms with Crippen LogP contribution in [-0.4, -0.2) is 29.1 Å². The summed E-state index contributed by atoms with van der Waals surface area (Å²) in [6.45, 7) is 10.2. The van der Waals surface area contributed by atoms with Crippen LogP contribution in [0.3, 0.4) is 0 Å². The zero-order chi connectivity index (χ0) is 20.9. The number of Topliss-reactive ketones (excluding diaryl/α,β-unsaturated/α-hetero) is 1. The number of hydrogen-bond acceptors (Lipinski definition) is 4. The molecule has 160 valence electrons. The highest BCUT2D eigenvalue weighted by atomic mass is 16.5. The van der Waals surface area contributed by atoms with Gasteiger partial charge in [-0.25, -0.2) is 0 Å². The summed E-state index contributed by atoms with van der Waals surface area (Å²) in [5.41, 5.74) is 0.642. The average Bonchev–Trinajstić information content (AvgIpc) is 3.37. The molecule has 0 heterocycles. The van der Waals surface area contributed by atoms with Crippen molar-refractivity contribution in [2.45, 2.75) is 85.4 Å². The molecule has 4 heteroatoms. The van der Waals surface area contributed by atoms with Crippen molar-refractivity contribution in [1.29, 1.82) is 0 Å². The number of aliphatic hydroxyl groups is 1. The van der Waals surface area contributed by atoms with E-state index < -0.39 is 11.5 Å². The molecule has 5 aliphatic rings. The quantitative estimate of drug-likeness (QED) is 0.526. The van der Waals surface area contributed by atoms with Crippen molar-refractivity contribution < 1.29 is 19.4 Å². The summed E-state index contributed by atoms with van der Waals surface area (Å²) < 4.78 is 5.84. The monoisotopic (exact) mass is 400 g/mol. The first-order valence-corrected chi connectivity index (χ1v) is 11.6. The number of ether oxygens (including phenoxy) is 1. The maximum absolute atomic E-state index is 12.9. The first kappa shape index (κ1) is 19.8. The highest BCUT2D eigenvalue weighted by Crippen LogP contribution is 2.71. The third-order valence-electron chi connectivity index (χ3n) is 9.43. The van der Waals surface area contributed by atoms with Gasteiger partial charge in [0.25, 0.3) is 0 Å². The third-order valence-corrected chi connectivity index (χ3v) is 9.43. The minimum absolute atomic E-state index is 0.0614. The third kappa shape index (κ3) is 2.66. The number of carbonyl (C=O) groups is 2. The number of aliphatic hydroxyl groups excluding tert-OH is 1. The Kier molecular flexibility index (Phi) is 4.07. The summed E-state index contributed by atoms with van der Waals surface area (Å²) in [6, 6.07) is 0. The second-order valence-electron chi connectivity index (χ2n) is 12.2. The summed E-state index contributed by atoms with van der Waals surface area (Å²) in [5.74, 6) is 2.12. The molecule has 0 radical (unpaired) electrons. The van der Waals surface area contributed by atoms with Crippen LogP contribution < -0.4 is 0 Å². The molecule has 4 nitrogen and oxygen atoms in total. The minimum atomic E-state index is -0.490. The Morgan fingerprint density at radius 1 is 1.17 bits per heavy atom. The topological polar surface area (TPSA) is 63.6 Å². The zero-order valence-electron chi connectivity index (χ0n) is 18.5. The largest absolute Gasteiger partial charge is 0.462 e. The number of rotatable bonds is 1. The van der Waals surface area contributed by atoms with Crippen LogP contribution in [0.1, 0.15) is 73.1 Å². The molecule has 0 aliphatic heterocycles. The molecule has 29 heavy (non-hydrogen) atoms. The van der Waals surface area contributed by atoms with E-state index in [9.17, 15) is 14.7 Å². The number of ketones is 1. The molecule has 0 saturated heterocycles. The zero-order valence-corrected chi connectivity index (χ0v) is 18.5. The first-order valence-electron chi connectivity index (χ1n) is 11.6. The SMILES string of the molecule is CC(C)(C)C(=O)O[C@H]1CC[C@@]2(C)C(=C[C@H](O)[C@@H]3[C@H]4[C@@H]5C[C@@H]5C(=O)[C@@]4(C)CC[C@H]32)C1. The van der Waals surface area contributed by atoms with E-state index in [0.29, 0.717) is 23.5 Å². The number of fused-ring (bicyclic) bond motifs is 7. The van der Waals surface area contributed by atoms with Gasteiger partial charge in [0, 0.05) is 17.8 Å². The molecule has 4 saturated carbocycles. The van der Waals surface area contributed by atoms with Crippen LogP contribution in [0.4, 0.5) is 0 Å². The van der Waals surface area contributed by atoms with Gasteiger partial charge >= 0.3 is 5.97 Å². The lowest BCUT2D eigenvalue weighted by Crippen LogP contribution is -2.56. The van der Waals surface area contributed by atoms with Crippen molar-refractivity contribution in [1.82, 2.24) is 0 Å². The predicted molar refractivity (Wildman–Crippen MR) is 110 cm³/mol. The average molecular weight is 401 g/mol. The Morgan fingerprint density at radius 2 is 1.86 bits per heavy atom. The Hall–Kier alpha value is -1.16. The Morgan fingerprint density at radius 3 is 2.55 bits per heavy atom. The molecule has 0 spiro atoms. The molecule has 0 aromatic rings. The van der Waals surface area contributed by atoms with Gasteiger partial charge in [0.05, 0.1) is 11.5 Å². The molecule has 9 atom stereocenters. The van der Waals surface area contributed by atoms with Crippen molar-refractivity contribution in [3.05, 3.63) is 11.6 Å². The molecular weight excluding hydrogens is 364 g/mol. The molecule has 0 unspecified atom stereocenters. The van der Waals surface area contributed by atoms with Crippen LogP contribution in [0, 0.1) is 45.8 Å². The van der Waals surface area contributed by atoms with Crippen molar-refractivity contribution in [3.8, 4) is 0 Å². The van der Waals surface area contributed by atoms with Gasteiger partial charge in [-0.1, -0.05) is 25.5 Å². The van der Waals surface area contributed by atoms with Gasteiger partial charge in [-0.05, 0) is 82.0 Å². The molecule has 4 fully saturated rings. The highest BCUT2D eigenvalue weighted by molar-refractivity contribution is 5.92. The maximum Gasteiger partial charge on any atom is 0.311 e. The van der Waals surface area contributed by atoms with E-state index in [2.05, 4.69) is 19.9 Å². The summed E-state index contributed by atoms with van der Waals surface area (Å²) >= 11 is 0. The van der Waals surface area contributed by atoms with E-state index in [1.807, 2.05) is 20.8 Å². The lowest BCUT2D eigenvalue weighted by atomic mass is 9.46. The maximum atomic E-state index is 12.9. The van der Waals surface area contributed by atoms with E-state index in [1.165, 1.54) is 5.57 Å². The van der Waals surface area contributed by atoms with E-state index >= 15 is 0 Å². The fourth-order valence-corrected chi connectivity index (χ4v) is 7.69. The Labute approximate surface area is 174 Å². The molecule has 0 bridgehead atoms. The fraction of sp³-hybridized carbons (Fsp3) is 0.840. The molecule has 0 aromatic carbocycles. The van der Waals surface area contributed by atoms with E-state index in [0.717, 1.165) is 38.5 Å². The smallest absolute Gasteiger partial charge is 0.311 e. The van der Waals surface area contributed by atoms with Gasteiger partial charge in [0.1, 0.15) is 11.9 Å². The number of carbonyl (C=O) groups excluding carboxylic acids is 2. The standard InChI is InChI=1S/C25H36O4/c1-23(2,3)22(28)29-14-6-8-24(4)13(10-14)11-18(26)19-17(24)7-9-25(5)20(19)15-12-16(15)21(25)27/h11,14-20,26H,6-10,12H2,1-5H3/t14-,15+,16-,17+,18-,19+,20+,24-,25-/m0/s1. The predicted octanol–water partition coefficient (Wildman–Crippen LogP) is 4.30. The van der Waals surface area contributed by atoms with Crippen LogP contribution in [0.15, 0.2) is 11.6 Å². The van der Waals surface area contributed by atoms with E-state index in [-0.39, 0.29) is 34.7 Å². The van der Waals surface area contributed by atoms with E-state index in [1.54, 1.807) is 0 Å². The Bertz CT molecular complexity index is 791. The van der Waals surface area contributed by atoms with Crippen LogP contribution in [0.25, 0.3) is 0 Å². The molecular formula is C25H36O4. The normalized spacial score (nSPS) is 50.6. The van der Waals surface area contributed by atoms with Crippen molar-refractivity contribution >= 4 is 11.8 Å².